The Morgan fingerprint density at radius 3 is 2.50 bits per heavy atom. The molecule has 0 radical (unpaired) electrons. The lowest BCUT2D eigenvalue weighted by atomic mass is 10.0. The molecule has 2 rings (SSSR count). The molecule has 0 atom stereocenters. The van der Waals surface area contributed by atoms with Gasteiger partial charge in [0.2, 0.25) is 0 Å². The minimum atomic E-state index is 0.197. The van der Waals surface area contributed by atoms with E-state index in [1.54, 1.807) is 0 Å². The van der Waals surface area contributed by atoms with Crippen LogP contribution in [0.25, 0.3) is 0 Å². The van der Waals surface area contributed by atoms with Crippen LogP contribution in [0.15, 0.2) is 18.2 Å². The van der Waals surface area contributed by atoms with Crippen LogP contribution in [0.4, 0.5) is 0 Å². The minimum absolute atomic E-state index is 0.197. The SMILES string of the molecule is CC.CCCc1ccc2c(c1)C(=O)N(C(C)C)C2. The van der Waals surface area contributed by atoms with E-state index in [-0.39, 0.29) is 11.9 Å². The van der Waals surface area contributed by atoms with Gasteiger partial charge in [0.15, 0.2) is 0 Å². The number of carbonyl (C=O) groups excluding carboxylic acids is 1. The zero-order valence-electron chi connectivity index (χ0n) is 12.3. The number of rotatable bonds is 3. The van der Waals surface area contributed by atoms with Crippen molar-refractivity contribution in [3.63, 3.8) is 0 Å². The number of fused-ring (bicyclic) bond motifs is 1. The molecule has 1 heterocycles. The van der Waals surface area contributed by atoms with Gasteiger partial charge in [-0.05, 0) is 37.5 Å². The number of carbonyl (C=O) groups is 1. The molecule has 1 aliphatic heterocycles. The van der Waals surface area contributed by atoms with Gasteiger partial charge in [-0.1, -0.05) is 39.3 Å². The van der Waals surface area contributed by atoms with E-state index in [4.69, 9.17) is 0 Å². The first-order valence-electron chi connectivity index (χ1n) is 7.06. The lowest BCUT2D eigenvalue weighted by molar-refractivity contribution is 0.0730. The van der Waals surface area contributed by atoms with Gasteiger partial charge < -0.3 is 4.90 Å². The summed E-state index contributed by atoms with van der Waals surface area (Å²) in [6.45, 7) is 11.1. The number of aryl methyl sites for hydroxylation is 1. The van der Waals surface area contributed by atoms with Crippen LogP contribution in [-0.2, 0) is 13.0 Å². The quantitative estimate of drug-likeness (QED) is 0.789. The summed E-state index contributed by atoms with van der Waals surface area (Å²) in [6, 6.07) is 6.62. The fourth-order valence-corrected chi connectivity index (χ4v) is 2.23. The van der Waals surface area contributed by atoms with Gasteiger partial charge in [0.1, 0.15) is 0 Å². The molecule has 0 aliphatic carbocycles. The van der Waals surface area contributed by atoms with Gasteiger partial charge in [0, 0.05) is 18.2 Å². The third-order valence-electron chi connectivity index (χ3n) is 3.17. The van der Waals surface area contributed by atoms with E-state index in [9.17, 15) is 4.79 Å². The van der Waals surface area contributed by atoms with Gasteiger partial charge in [0.25, 0.3) is 5.91 Å². The minimum Gasteiger partial charge on any atom is -0.332 e. The van der Waals surface area contributed by atoms with Crippen LogP contribution < -0.4 is 0 Å². The van der Waals surface area contributed by atoms with E-state index in [0.717, 1.165) is 24.9 Å². The van der Waals surface area contributed by atoms with E-state index < -0.39 is 0 Å². The number of amides is 1. The summed E-state index contributed by atoms with van der Waals surface area (Å²) in [4.78, 5) is 14.1. The molecule has 0 saturated heterocycles. The summed E-state index contributed by atoms with van der Waals surface area (Å²) in [5.41, 5.74) is 3.37. The van der Waals surface area contributed by atoms with Crippen molar-refractivity contribution in [1.82, 2.24) is 4.90 Å². The molecule has 0 spiro atoms. The Hall–Kier alpha value is -1.31. The molecule has 0 bridgehead atoms. The number of nitrogens with zero attached hydrogens (tertiary/aromatic N) is 1. The fraction of sp³-hybridized carbons (Fsp3) is 0.562. The number of hydrogen-bond acceptors (Lipinski definition) is 1. The molecule has 2 nitrogen and oxygen atoms in total. The molecule has 0 aromatic heterocycles. The second kappa shape index (κ2) is 6.58. The highest BCUT2D eigenvalue weighted by molar-refractivity contribution is 5.98. The average molecular weight is 247 g/mol. The van der Waals surface area contributed by atoms with E-state index in [1.807, 2.05) is 18.7 Å². The van der Waals surface area contributed by atoms with Crippen molar-refractivity contribution in [2.45, 2.75) is 60.0 Å². The van der Waals surface area contributed by atoms with Crippen molar-refractivity contribution >= 4 is 5.91 Å². The Kier molecular flexibility index (Phi) is 5.39. The van der Waals surface area contributed by atoms with Gasteiger partial charge in [-0.15, -0.1) is 0 Å². The molecular weight excluding hydrogens is 222 g/mol. The second-order valence-corrected chi connectivity index (χ2v) is 4.77. The van der Waals surface area contributed by atoms with Crippen LogP contribution in [-0.4, -0.2) is 16.8 Å². The van der Waals surface area contributed by atoms with Crippen LogP contribution >= 0.6 is 0 Å². The highest BCUT2D eigenvalue weighted by atomic mass is 16.2. The van der Waals surface area contributed by atoms with Crippen LogP contribution in [0.3, 0.4) is 0 Å². The molecule has 0 saturated carbocycles. The zero-order valence-corrected chi connectivity index (χ0v) is 12.3. The molecule has 0 fully saturated rings. The molecule has 1 aliphatic rings. The second-order valence-electron chi connectivity index (χ2n) is 4.77. The van der Waals surface area contributed by atoms with Gasteiger partial charge in [-0.2, -0.15) is 0 Å². The maximum atomic E-state index is 12.1. The first kappa shape index (κ1) is 14.7. The van der Waals surface area contributed by atoms with Crippen molar-refractivity contribution in [1.29, 1.82) is 0 Å². The maximum absolute atomic E-state index is 12.1. The maximum Gasteiger partial charge on any atom is 0.254 e. The molecule has 1 amide bonds. The van der Waals surface area contributed by atoms with Crippen LogP contribution in [0.5, 0.6) is 0 Å². The summed E-state index contributed by atoms with van der Waals surface area (Å²) < 4.78 is 0. The molecule has 1 aromatic rings. The first-order valence-corrected chi connectivity index (χ1v) is 7.06. The summed E-state index contributed by atoms with van der Waals surface area (Å²) in [6.07, 6.45) is 2.18. The predicted molar refractivity (Wildman–Crippen MR) is 76.8 cm³/mol. The highest BCUT2D eigenvalue weighted by Gasteiger charge is 2.28. The Labute approximate surface area is 111 Å². The Balaban J connectivity index is 0.000000771. The van der Waals surface area contributed by atoms with Crippen LogP contribution in [0.2, 0.25) is 0 Å². The predicted octanol–water partition coefficient (Wildman–Crippen LogP) is 4.03. The largest absolute Gasteiger partial charge is 0.332 e. The fourth-order valence-electron chi connectivity index (χ4n) is 2.23. The Bertz CT molecular complexity index is 410. The Morgan fingerprint density at radius 2 is 1.94 bits per heavy atom. The summed E-state index contributed by atoms with van der Waals surface area (Å²) in [5, 5.41) is 0. The number of hydrogen-bond donors (Lipinski definition) is 0. The van der Waals surface area contributed by atoms with E-state index in [0.29, 0.717) is 0 Å². The van der Waals surface area contributed by atoms with Crippen molar-refractivity contribution < 1.29 is 4.79 Å². The third-order valence-corrected chi connectivity index (χ3v) is 3.17. The van der Waals surface area contributed by atoms with Crippen LogP contribution in [0, 0.1) is 0 Å². The lowest BCUT2D eigenvalue weighted by Gasteiger charge is -2.19. The van der Waals surface area contributed by atoms with Gasteiger partial charge in [0.05, 0.1) is 0 Å². The Morgan fingerprint density at radius 1 is 1.28 bits per heavy atom. The van der Waals surface area contributed by atoms with Crippen molar-refractivity contribution in [3.05, 3.63) is 34.9 Å². The molecule has 1 aromatic carbocycles. The van der Waals surface area contributed by atoms with E-state index in [1.165, 1.54) is 11.1 Å². The molecule has 2 heteroatoms. The van der Waals surface area contributed by atoms with Crippen LogP contribution in [0.1, 0.15) is 62.5 Å². The summed E-state index contributed by atoms with van der Waals surface area (Å²) in [5.74, 6) is 0.197. The van der Waals surface area contributed by atoms with Crippen molar-refractivity contribution in [2.24, 2.45) is 0 Å². The molecule has 0 N–H and O–H groups in total. The molecular formula is C16H25NO. The third kappa shape index (κ3) is 2.92. The van der Waals surface area contributed by atoms with Gasteiger partial charge in [-0.3, -0.25) is 4.79 Å². The van der Waals surface area contributed by atoms with E-state index in [2.05, 4.69) is 39.0 Å². The standard InChI is InChI=1S/C14H19NO.C2H6/c1-4-5-11-6-7-12-9-15(10(2)3)14(16)13(12)8-11;1-2/h6-8,10H,4-5,9H2,1-3H3;1-2H3. The summed E-state index contributed by atoms with van der Waals surface area (Å²) in [7, 11) is 0. The highest BCUT2D eigenvalue weighted by Crippen LogP contribution is 2.25. The zero-order chi connectivity index (χ0) is 13.7. The average Bonchev–Trinajstić information content (AvgIpc) is 2.70. The lowest BCUT2D eigenvalue weighted by Crippen LogP contribution is -2.30. The molecule has 0 unspecified atom stereocenters. The monoisotopic (exact) mass is 247 g/mol. The normalized spacial score (nSPS) is 13.4. The number of benzene rings is 1. The van der Waals surface area contributed by atoms with Gasteiger partial charge >= 0.3 is 0 Å². The van der Waals surface area contributed by atoms with Crippen molar-refractivity contribution in [2.75, 3.05) is 0 Å². The topological polar surface area (TPSA) is 20.3 Å². The summed E-state index contributed by atoms with van der Waals surface area (Å²) >= 11 is 0. The van der Waals surface area contributed by atoms with Crippen molar-refractivity contribution in [3.8, 4) is 0 Å². The molecule has 100 valence electrons. The smallest absolute Gasteiger partial charge is 0.254 e. The van der Waals surface area contributed by atoms with Gasteiger partial charge in [-0.25, -0.2) is 0 Å². The first-order chi connectivity index (χ1) is 8.63. The van der Waals surface area contributed by atoms with E-state index >= 15 is 0 Å². The molecule has 18 heavy (non-hydrogen) atoms.